The van der Waals surface area contributed by atoms with Gasteiger partial charge in [0.1, 0.15) is 0 Å². The number of halogens is 1. The lowest BCUT2D eigenvalue weighted by Crippen LogP contribution is -2.28. The minimum Gasteiger partial charge on any atom is -0.384 e. The van der Waals surface area contributed by atoms with Crippen molar-refractivity contribution in [3.05, 3.63) is 29.3 Å². The Hall–Kier alpha value is -0.620. The van der Waals surface area contributed by atoms with Gasteiger partial charge in [-0.3, -0.25) is 0 Å². The molecular formula is C12H16ClNO3S. The maximum absolute atomic E-state index is 12.4. The number of nitrogens with two attached hydrogens (primary N) is 1. The third kappa shape index (κ3) is 2.28. The van der Waals surface area contributed by atoms with Crippen molar-refractivity contribution < 1.29 is 13.2 Å². The Labute approximate surface area is 112 Å². The Morgan fingerprint density at radius 2 is 2.06 bits per heavy atom. The van der Waals surface area contributed by atoms with Gasteiger partial charge in [0, 0.05) is 24.1 Å². The van der Waals surface area contributed by atoms with Gasteiger partial charge in [-0.15, -0.1) is 0 Å². The van der Waals surface area contributed by atoms with Crippen molar-refractivity contribution in [2.75, 3.05) is 20.3 Å². The van der Waals surface area contributed by atoms with E-state index in [9.17, 15) is 8.42 Å². The molecule has 1 aliphatic carbocycles. The smallest absolute Gasteiger partial charge is 0.181 e. The van der Waals surface area contributed by atoms with E-state index in [1.54, 1.807) is 19.2 Å². The summed E-state index contributed by atoms with van der Waals surface area (Å²) < 4.78 is 29.9. The van der Waals surface area contributed by atoms with Gasteiger partial charge in [0.05, 0.1) is 16.8 Å². The lowest BCUT2D eigenvalue weighted by Gasteiger charge is -2.13. The molecule has 1 fully saturated rings. The van der Waals surface area contributed by atoms with E-state index < -0.39 is 20.5 Å². The van der Waals surface area contributed by atoms with E-state index in [1.807, 2.05) is 0 Å². The van der Waals surface area contributed by atoms with Crippen molar-refractivity contribution in [3.8, 4) is 0 Å². The normalized spacial score (nSPS) is 27.2. The van der Waals surface area contributed by atoms with Crippen molar-refractivity contribution in [3.63, 3.8) is 0 Å². The SMILES string of the molecule is COC[C@]1(CN)C[C@H]1S(=O)(=O)c1ccc(Cl)cc1. The topological polar surface area (TPSA) is 69.4 Å². The maximum Gasteiger partial charge on any atom is 0.181 e. The molecule has 4 nitrogen and oxygen atoms in total. The van der Waals surface area contributed by atoms with Crippen molar-refractivity contribution in [1.82, 2.24) is 0 Å². The van der Waals surface area contributed by atoms with Crippen LogP contribution in [0.5, 0.6) is 0 Å². The number of benzene rings is 1. The highest BCUT2D eigenvalue weighted by atomic mass is 35.5. The van der Waals surface area contributed by atoms with E-state index in [1.165, 1.54) is 12.1 Å². The van der Waals surface area contributed by atoms with Gasteiger partial charge >= 0.3 is 0 Å². The molecule has 1 aliphatic rings. The van der Waals surface area contributed by atoms with Gasteiger partial charge in [-0.2, -0.15) is 0 Å². The second-order valence-electron chi connectivity index (χ2n) is 4.69. The monoisotopic (exact) mass is 289 g/mol. The highest BCUT2D eigenvalue weighted by Crippen LogP contribution is 2.51. The fourth-order valence-electron chi connectivity index (χ4n) is 2.25. The Morgan fingerprint density at radius 3 is 2.56 bits per heavy atom. The molecule has 2 N–H and O–H groups in total. The molecule has 6 heteroatoms. The first-order chi connectivity index (χ1) is 8.46. The van der Waals surface area contributed by atoms with Crippen molar-refractivity contribution in [2.24, 2.45) is 11.1 Å². The molecule has 0 heterocycles. The van der Waals surface area contributed by atoms with Gasteiger partial charge in [-0.25, -0.2) is 8.42 Å². The van der Waals surface area contributed by atoms with Gasteiger partial charge in [0.15, 0.2) is 9.84 Å². The Kier molecular flexibility index (Phi) is 3.69. The van der Waals surface area contributed by atoms with E-state index in [4.69, 9.17) is 22.1 Å². The number of hydrogen-bond acceptors (Lipinski definition) is 4. The van der Waals surface area contributed by atoms with Crippen LogP contribution in [0, 0.1) is 5.41 Å². The summed E-state index contributed by atoms with van der Waals surface area (Å²) >= 11 is 5.76. The molecule has 0 spiro atoms. The van der Waals surface area contributed by atoms with Crippen LogP contribution in [0.25, 0.3) is 0 Å². The fraction of sp³-hybridized carbons (Fsp3) is 0.500. The maximum atomic E-state index is 12.4. The van der Waals surface area contributed by atoms with Crippen LogP contribution >= 0.6 is 11.6 Å². The molecule has 18 heavy (non-hydrogen) atoms. The van der Waals surface area contributed by atoms with Crippen molar-refractivity contribution >= 4 is 21.4 Å². The van der Waals surface area contributed by atoms with E-state index in [0.29, 0.717) is 29.5 Å². The second-order valence-corrected chi connectivity index (χ2v) is 7.26. The predicted octanol–water partition coefficient (Wildman–Crippen LogP) is 1.48. The quantitative estimate of drug-likeness (QED) is 0.891. The summed E-state index contributed by atoms with van der Waals surface area (Å²) in [7, 11) is -1.79. The van der Waals surface area contributed by atoms with Crippen LogP contribution in [0.3, 0.4) is 0 Å². The molecule has 0 radical (unpaired) electrons. The summed E-state index contributed by atoms with van der Waals surface area (Å²) in [5, 5.41) is 0.0721. The molecule has 1 aromatic carbocycles. The minimum atomic E-state index is -3.34. The minimum absolute atomic E-state index is 0.295. The molecule has 0 unspecified atom stereocenters. The van der Waals surface area contributed by atoms with Gasteiger partial charge in [0.25, 0.3) is 0 Å². The largest absolute Gasteiger partial charge is 0.384 e. The van der Waals surface area contributed by atoms with Crippen LogP contribution < -0.4 is 5.73 Å². The van der Waals surface area contributed by atoms with Gasteiger partial charge < -0.3 is 10.5 Å². The van der Waals surface area contributed by atoms with Crippen LogP contribution in [-0.2, 0) is 14.6 Å². The summed E-state index contributed by atoms with van der Waals surface area (Å²) in [6, 6.07) is 6.22. The average Bonchev–Trinajstić information content (AvgIpc) is 3.06. The summed E-state index contributed by atoms with van der Waals surface area (Å²) in [5.41, 5.74) is 5.26. The zero-order valence-electron chi connectivity index (χ0n) is 10.1. The third-order valence-electron chi connectivity index (χ3n) is 3.47. The third-order valence-corrected chi connectivity index (χ3v) is 6.07. The lowest BCUT2D eigenvalue weighted by atomic mass is 10.1. The van der Waals surface area contributed by atoms with Crippen LogP contribution in [0.2, 0.25) is 5.02 Å². The molecule has 2 rings (SSSR count). The molecule has 0 amide bonds. The number of methoxy groups -OCH3 is 1. The van der Waals surface area contributed by atoms with Gasteiger partial charge in [-0.05, 0) is 30.7 Å². The number of sulfone groups is 1. The molecule has 0 aliphatic heterocycles. The van der Waals surface area contributed by atoms with Crippen molar-refractivity contribution in [1.29, 1.82) is 0 Å². The summed E-state index contributed by atoms with van der Waals surface area (Å²) in [6.45, 7) is 0.694. The summed E-state index contributed by atoms with van der Waals surface area (Å²) in [5.74, 6) is 0. The van der Waals surface area contributed by atoms with Crippen molar-refractivity contribution in [2.45, 2.75) is 16.6 Å². The van der Waals surface area contributed by atoms with Crippen LogP contribution in [-0.4, -0.2) is 33.9 Å². The first kappa shape index (κ1) is 13.8. The number of hydrogen-bond donors (Lipinski definition) is 1. The highest BCUT2D eigenvalue weighted by molar-refractivity contribution is 7.92. The van der Waals surface area contributed by atoms with Crippen LogP contribution in [0.4, 0.5) is 0 Å². The first-order valence-corrected chi connectivity index (χ1v) is 7.57. The molecule has 0 bridgehead atoms. The van der Waals surface area contributed by atoms with Crippen LogP contribution in [0.15, 0.2) is 29.2 Å². The molecule has 1 saturated carbocycles. The van der Waals surface area contributed by atoms with Gasteiger partial charge in [0.2, 0.25) is 0 Å². The zero-order chi connectivity index (χ0) is 13.4. The predicted molar refractivity (Wildman–Crippen MR) is 70.4 cm³/mol. The number of ether oxygens (including phenoxy) is 1. The molecular weight excluding hydrogens is 274 g/mol. The second kappa shape index (κ2) is 4.81. The van der Waals surface area contributed by atoms with E-state index >= 15 is 0 Å². The summed E-state index contributed by atoms with van der Waals surface area (Å²) in [6.07, 6.45) is 0.558. The number of rotatable bonds is 5. The Bertz CT molecular complexity index is 529. The molecule has 0 aromatic heterocycles. The molecule has 1 aromatic rings. The standard InChI is InChI=1S/C12H16ClNO3S/c1-17-8-12(7-14)6-11(12)18(15,16)10-4-2-9(13)3-5-10/h2-5,11H,6-8,14H2,1H3/t11-,12-/m1/s1. The van der Waals surface area contributed by atoms with E-state index in [-0.39, 0.29) is 0 Å². The van der Waals surface area contributed by atoms with E-state index in [2.05, 4.69) is 0 Å². The van der Waals surface area contributed by atoms with Crippen LogP contribution in [0.1, 0.15) is 6.42 Å². The first-order valence-electron chi connectivity index (χ1n) is 5.65. The zero-order valence-corrected chi connectivity index (χ0v) is 11.7. The molecule has 0 saturated heterocycles. The fourth-order valence-corrected chi connectivity index (χ4v) is 4.59. The van der Waals surface area contributed by atoms with Gasteiger partial charge in [-0.1, -0.05) is 11.6 Å². The molecule has 2 atom stereocenters. The summed E-state index contributed by atoms with van der Waals surface area (Å²) in [4.78, 5) is 0.295. The Balaban J connectivity index is 2.26. The average molecular weight is 290 g/mol. The highest BCUT2D eigenvalue weighted by Gasteiger charge is 2.60. The molecule has 100 valence electrons. The Morgan fingerprint density at radius 1 is 1.44 bits per heavy atom. The van der Waals surface area contributed by atoms with E-state index in [0.717, 1.165) is 0 Å². The lowest BCUT2D eigenvalue weighted by molar-refractivity contribution is 0.145.